The van der Waals surface area contributed by atoms with Crippen LogP contribution < -0.4 is 10.1 Å². The summed E-state index contributed by atoms with van der Waals surface area (Å²) in [5.74, 6) is 1.67. The quantitative estimate of drug-likeness (QED) is 0.418. The van der Waals surface area contributed by atoms with Crippen molar-refractivity contribution >= 4 is 53.7 Å². The lowest BCUT2D eigenvalue weighted by Crippen LogP contribution is -2.23. The summed E-state index contributed by atoms with van der Waals surface area (Å²) >= 11 is 10.2. The molecule has 134 valence electrons. The molecule has 1 aromatic heterocycles. The highest BCUT2D eigenvalue weighted by Gasteiger charge is 2.16. The van der Waals surface area contributed by atoms with Crippen molar-refractivity contribution in [2.24, 2.45) is 0 Å². The van der Waals surface area contributed by atoms with Crippen LogP contribution in [0.4, 0.5) is 0 Å². The summed E-state index contributed by atoms with van der Waals surface area (Å²) in [5, 5.41) is 2.86. The van der Waals surface area contributed by atoms with Gasteiger partial charge in [0.05, 0.1) is 23.7 Å². The van der Waals surface area contributed by atoms with Crippen LogP contribution in [-0.4, -0.2) is 13.0 Å². The molecule has 0 aliphatic rings. The number of furan rings is 1. The van der Waals surface area contributed by atoms with E-state index < -0.39 is 0 Å². The lowest BCUT2D eigenvalue weighted by atomic mass is 10.2. The Balaban J connectivity index is 1.72. The first kappa shape index (κ1) is 19.2. The normalized spacial score (nSPS) is 10.6. The van der Waals surface area contributed by atoms with E-state index in [9.17, 15) is 4.79 Å². The number of ether oxygens (including phenoxy) is 1. The van der Waals surface area contributed by atoms with E-state index in [-0.39, 0.29) is 12.5 Å². The Hall–Kier alpha value is -1.57. The van der Waals surface area contributed by atoms with E-state index in [0.29, 0.717) is 21.5 Å². The molecule has 0 unspecified atom stereocenters. The van der Waals surface area contributed by atoms with Gasteiger partial charge in [0.2, 0.25) is 0 Å². The van der Waals surface area contributed by atoms with Gasteiger partial charge in [-0.15, -0.1) is 0 Å². The van der Waals surface area contributed by atoms with Crippen molar-refractivity contribution in [2.75, 3.05) is 7.11 Å². The lowest BCUT2D eigenvalue weighted by molar-refractivity contribution is 0.0945. The minimum absolute atomic E-state index is 0.245. The van der Waals surface area contributed by atoms with Gasteiger partial charge in [0, 0.05) is 14.5 Å². The molecular weight excluding hydrogens is 530 g/mol. The van der Waals surface area contributed by atoms with E-state index in [0.717, 1.165) is 20.3 Å². The highest BCUT2D eigenvalue weighted by Crippen LogP contribution is 2.32. The van der Waals surface area contributed by atoms with Crippen LogP contribution in [0.2, 0.25) is 0 Å². The summed E-state index contributed by atoms with van der Waals surface area (Å²) in [7, 11) is 1.53. The number of hydrogen-bond donors (Lipinski definition) is 1. The van der Waals surface area contributed by atoms with E-state index >= 15 is 0 Å². The molecule has 0 fully saturated rings. The summed E-state index contributed by atoms with van der Waals surface area (Å²) in [6, 6.07) is 15.1. The molecule has 3 rings (SSSR count). The zero-order chi connectivity index (χ0) is 18.7. The first-order valence-electron chi connectivity index (χ1n) is 7.64. The van der Waals surface area contributed by atoms with Crippen molar-refractivity contribution in [3.05, 3.63) is 73.3 Å². The molecule has 3 aromatic rings. The fourth-order valence-electron chi connectivity index (χ4n) is 2.44. The summed E-state index contributed by atoms with van der Waals surface area (Å²) in [5.41, 5.74) is 1.41. The second-order valence-corrected chi connectivity index (χ2v) is 8.11. The van der Waals surface area contributed by atoms with Gasteiger partial charge in [0.25, 0.3) is 5.91 Å². The predicted octanol–water partition coefficient (Wildman–Crippen LogP) is 6.17. The van der Waals surface area contributed by atoms with E-state index in [1.165, 1.54) is 7.11 Å². The number of methoxy groups -OCH3 is 1. The van der Waals surface area contributed by atoms with Gasteiger partial charge in [0.1, 0.15) is 17.3 Å². The molecule has 1 N–H and O–H groups in total. The molecule has 0 saturated heterocycles. The van der Waals surface area contributed by atoms with Crippen LogP contribution >= 0.6 is 47.8 Å². The molecule has 0 aliphatic carbocycles. The number of amides is 1. The Labute approximate surface area is 176 Å². The number of hydrogen-bond acceptors (Lipinski definition) is 3. The smallest absolute Gasteiger partial charge is 0.255 e. The standard InChI is InChI=1S/C19H14Br3NO3/c1-25-18-15(8-13(21)9-16(18)22)19(24)23-10-14-6-7-17(26-14)11-2-4-12(20)5-3-11/h2-9H,10H2,1H3,(H,23,24). The molecular formula is C19H14Br3NO3. The molecule has 2 aromatic carbocycles. The Morgan fingerprint density at radius 2 is 1.77 bits per heavy atom. The van der Waals surface area contributed by atoms with Crippen LogP contribution in [0.15, 0.2) is 66.4 Å². The zero-order valence-electron chi connectivity index (χ0n) is 13.7. The van der Waals surface area contributed by atoms with Gasteiger partial charge < -0.3 is 14.5 Å². The van der Waals surface area contributed by atoms with Crippen molar-refractivity contribution in [3.8, 4) is 17.1 Å². The van der Waals surface area contributed by atoms with Crippen LogP contribution in [0.1, 0.15) is 16.1 Å². The number of rotatable bonds is 5. The third-order valence-electron chi connectivity index (χ3n) is 3.67. The van der Waals surface area contributed by atoms with Gasteiger partial charge in [-0.25, -0.2) is 0 Å². The second kappa shape index (κ2) is 8.41. The summed E-state index contributed by atoms with van der Waals surface area (Å²) in [6.45, 7) is 0.280. The molecule has 1 amide bonds. The average Bonchev–Trinajstić information content (AvgIpc) is 3.08. The maximum atomic E-state index is 12.5. The largest absolute Gasteiger partial charge is 0.495 e. The van der Waals surface area contributed by atoms with E-state index in [1.807, 2.05) is 42.5 Å². The minimum Gasteiger partial charge on any atom is -0.495 e. The van der Waals surface area contributed by atoms with Crippen LogP contribution in [0.3, 0.4) is 0 Å². The first-order chi connectivity index (χ1) is 12.5. The molecule has 0 saturated carbocycles. The summed E-state index contributed by atoms with van der Waals surface area (Å²) in [4.78, 5) is 12.5. The molecule has 0 radical (unpaired) electrons. The van der Waals surface area contributed by atoms with Gasteiger partial charge >= 0.3 is 0 Å². The molecule has 1 heterocycles. The fraction of sp³-hybridized carbons (Fsp3) is 0.105. The second-order valence-electron chi connectivity index (χ2n) is 5.42. The highest BCUT2D eigenvalue weighted by atomic mass is 79.9. The summed E-state index contributed by atoms with van der Waals surface area (Å²) in [6.07, 6.45) is 0. The third-order valence-corrected chi connectivity index (χ3v) is 5.25. The molecule has 7 heteroatoms. The van der Waals surface area contributed by atoms with E-state index in [1.54, 1.807) is 6.07 Å². The maximum Gasteiger partial charge on any atom is 0.255 e. The number of carbonyl (C=O) groups excluding carboxylic acids is 1. The van der Waals surface area contributed by atoms with Crippen LogP contribution in [-0.2, 0) is 6.54 Å². The molecule has 0 bridgehead atoms. The topological polar surface area (TPSA) is 51.5 Å². The van der Waals surface area contributed by atoms with Crippen molar-refractivity contribution in [1.29, 1.82) is 0 Å². The Bertz CT molecular complexity index is 936. The van der Waals surface area contributed by atoms with E-state index in [4.69, 9.17) is 9.15 Å². The number of nitrogens with one attached hydrogen (secondary N) is 1. The third kappa shape index (κ3) is 4.39. The van der Waals surface area contributed by atoms with Gasteiger partial charge in [-0.2, -0.15) is 0 Å². The van der Waals surface area contributed by atoms with Gasteiger partial charge in [-0.1, -0.05) is 44.0 Å². The van der Waals surface area contributed by atoms with E-state index in [2.05, 4.69) is 53.1 Å². The number of benzene rings is 2. The summed E-state index contributed by atoms with van der Waals surface area (Å²) < 4.78 is 13.6. The molecule has 0 aliphatic heterocycles. The fourth-order valence-corrected chi connectivity index (χ4v) is 4.09. The molecule has 0 atom stereocenters. The van der Waals surface area contributed by atoms with Gasteiger partial charge in [-0.3, -0.25) is 4.79 Å². The Morgan fingerprint density at radius 3 is 2.46 bits per heavy atom. The van der Waals surface area contributed by atoms with Gasteiger partial charge in [-0.05, 0) is 52.3 Å². The molecule has 0 spiro atoms. The van der Waals surface area contributed by atoms with Crippen LogP contribution in [0.5, 0.6) is 5.75 Å². The average molecular weight is 544 g/mol. The zero-order valence-corrected chi connectivity index (χ0v) is 18.4. The monoisotopic (exact) mass is 541 g/mol. The lowest BCUT2D eigenvalue weighted by Gasteiger charge is -2.11. The van der Waals surface area contributed by atoms with Crippen LogP contribution in [0, 0.1) is 0 Å². The maximum absolute atomic E-state index is 12.5. The van der Waals surface area contributed by atoms with Crippen molar-refractivity contribution in [3.63, 3.8) is 0 Å². The van der Waals surface area contributed by atoms with Crippen molar-refractivity contribution in [2.45, 2.75) is 6.54 Å². The highest BCUT2D eigenvalue weighted by molar-refractivity contribution is 9.11. The minimum atomic E-state index is -0.245. The van der Waals surface area contributed by atoms with Gasteiger partial charge in [0.15, 0.2) is 0 Å². The number of halogens is 3. The molecule has 4 nitrogen and oxygen atoms in total. The number of carbonyl (C=O) groups is 1. The molecule has 26 heavy (non-hydrogen) atoms. The predicted molar refractivity (Wildman–Crippen MR) is 111 cm³/mol. The Kier molecular flexibility index (Phi) is 6.21. The van der Waals surface area contributed by atoms with Crippen LogP contribution in [0.25, 0.3) is 11.3 Å². The first-order valence-corrected chi connectivity index (χ1v) is 10.0. The van der Waals surface area contributed by atoms with Crippen molar-refractivity contribution < 1.29 is 13.9 Å². The van der Waals surface area contributed by atoms with Crippen molar-refractivity contribution in [1.82, 2.24) is 5.32 Å². The Morgan fingerprint density at radius 1 is 1.04 bits per heavy atom. The SMILES string of the molecule is COc1c(Br)cc(Br)cc1C(=O)NCc1ccc(-c2ccc(Br)cc2)o1.